The molecule has 190 valence electrons. The Labute approximate surface area is 232 Å². The predicted octanol–water partition coefficient (Wildman–Crippen LogP) is 7.98. The van der Waals surface area contributed by atoms with Crippen LogP contribution >= 0.6 is 35.1 Å². The molecule has 9 heteroatoms. The average molecular weight is 553 g/mol. The fraction of sp³-hybridized carbons (Fsp3) is 0.357. The third-order valence-electron chi connectivity index (χ3n) is 6.53. The van der Waals surface area contributed by atoms with E-state index in [1.807, 2.05) is 37.3 Å². The Balaban J connectivity index is 1.44. The molecule has 2 aromatic carbocycles. The van der Waals surface area contributed by atoms with Gasteiger partial charge in [-0.05, 0) is 63.4 Å². The van der Waals surface area contributed by atoms with E-state index in [1.165, 1.54) is 0 Å². The van der Waals surface area contributed by atoms with Crippen molar-refractivity contribution in [2.75, 3.05) is 18.0 Å². The monoisotopic (exact) mass is 551 g/mol. The van der Waals surface area contributed by atoms with Crippen molar-refractivity contribution in [1.29, 1.82) is 0 Å². The maximum Gasteiger partial charge on any atom is 0.322 e. The van der Waals surface area contributed by atoms with Crippen LogP contribution in [0.2, 0.25) is 10.0 Å². The van der Waals surface area contributed by atoms with E-state index < -0.39 is 5.60 Å². The third kappa shape index (κ3) is 4.90. The molecule has 0 amide bonds. The average Bonchev–Trinajstić information content (AvgIpc) is 3.16. The SMILES string of the molecule is [C-]#[N+]c1nc(N2CCC3(CC2)Oc2ccccc2C3=NSC(C)(C)C)nc(C)c1-c1cccc(Cl)c1Cl. The van der Waals surface area contributed by atoms with Crippen molar-refractivity contribution >= 4 is 52.6 Å². The van der Waals surface area contributed by atoms with Gasteiger partial charge in [0.15, 0.2) is 5.60 Å². The Morgan fingerprint density at radius 1 is 1.05 bits per heavy atom. The van der Waals surface area contributed by atoms with Crippen LogP contribution in [0.25, 0.3) is 16.0 Å². The second-order valence-corrected chi connectivity index (χ2v) is 12.6. The molecule has 2 aliphatic rings. The van der Waals surface area contributed by atoms with E-state index in [2.05, 4.69) is 41.6 Å². The maximum atomic E-state index is 7.80. The molecular weight excluding hydrogens is 525 g/mol. The van der Waals surface area contributed by atoms with E-state index in [1.54, 1.807) is 18.0 Å². The molecule has 0 bridgehead atoms. The fourth-order valence-corrected chi connectivity index (χ4v) is 5.78. The molecule has 1 saturated heterocycles. The summed E-state index contributed by atoms with van der Waals surface area (Å²) < 4.78 is 11.6. The first-order valence-corrected chi connectivity index (χ1v) is 13.7. The van der Waals surface area contributed by atoms with Crippen LogP contribution in [-0.4, -0.2) is 39.1 Å². The Kier molecular flexibility index (Phi) is 6.86. The maximum absolute atomic E-state index is 7.80. The number of piperidine rings is 1. The van der Waals surface area contributed by atoms with Crippen LogP contribution in [0.5, 0.6) is 5.75 Å². The normalized spacial score (nSPS) is 17.5. The quantitative estimate of drug-likeness (QED) is 0.244. The summed E-state index contributed by atoms with van der Waals surface area (Å²) in [5, 5.41) is 0.825. The zero-order valence-corrected chi connectivity index (χ0v) is 23.5. The summed E-state index contributed by atoms with van der Waals surface area (Å²) in [5.41, 5.74) is 3.56. The number of fused-ring (bicyclic) bond motifs is 1. The standard InChI is InChI=1S/C28H27Cl2N5OS/c1-17-22(19-10-8-11-20(29)23(19)30)25(31-5)33-26(32-17)35-15-13-28(14-16-35)24(34-37-27(2,3)4)18-9-6-7-12-21(18)36-28/h6-12H,13-16H2,1-4H3. The van der Waals surface area contributed by atoms with Gasteiger partial charge in [0.25, 0.3) is 5.82 Å². The van der Waals surface area contributed by atoms with E-state index in [0.717, 1.165) is 29.9 Å². The lowest BCUT2D eigenvalue weighted by molar-refractivity contribution is 0.124. The molecule has 1 aromatic heterocycles. The zero-order valence-electron chi connectivity index (χ0n) is 21.2. The van der Waals surface area contributed by atoms with Crippen LogP contribution in [0, 0.1) is 13.5 Å². The van der Waals surface area contributed by atoms with Gasteiger partial charge in [-0.25, -0.2) is 4.40 Å². The Hall–Kier alpha value is -2.79. The highest BCUT2D eigenvalue weighted by atomic mass is 35.5. The highest BCUT2D eigenvalue weighted by Gasteiger charge is 2.48. The minimum absolute atomic E-state index is 0.00156. The van der Waals surface area contributed by atoms with Gasteiger partial charge in [-0.1, -0.05) is 59.0 Å². The van der Waals surface area contributed by atoms with Gasteiger partial charge in [0, 0.05) is 47.5 Å². The van der Waals surface area contributed by atoms with Crippen LogP contribution in [0.4, 0.5) is 11.8 Å². The zero-order chi connectivity index (χ0) is 26.4. The minimum atomic E-state index is -0.482. The van der Waals surface area contributed by atoms with Crippen LogP contribution in [-0.2, 0) is 0 Å². The number of ether oxygens (including phenoxy) is 1. The van der Waals surface area contributed by atoms with E-state index in [9.17, 15) is 0 Å². The summed E-state index contributed by atoms with van der Waals surface area (Å²) >= 11 is 14.3. The first kappa shape index (κ1) is 25.8. The number of aromatic nitrogens is 2. The summed E-state index contributed by atoms with van der Waals surface area (Å²) in [6.07, 6.45) is 1.48. The minimum Gasteiger partial charge on any atom is -0.480 e. The Morgan fingerprint density at radius 3 is 2.46 bits per heavy atom. The molecule has 0 aliphatic carbocycles. The summed E-state index contributed by atoms with van der Waals surface area (Å²) in [6.45, 7) is 17.5. The number of halogens is 2. The summed E-state index contributed by atoms with van der Waals surface area (Å²) in [5.74, 6) is 1.69. The third-order valence-corrected chi connectivity index (χ3v) is 8.17. The van der Waals surface area contributed by atoms with Gasteiger partial charge in [-0.2, -0.15) is 4.98 Å². The van der Waals surface area contributed by atoms with Crippen molar-refractivity contribution in [2.45, 2.75) is 50.9 Å². The van der Waals surface area contributed by atoms with Gasteiger partial charge in [0.05, 0.1) is 10.0 Å². The van der Waals surface area contributed by atoms with Crippen molar-refractivity contribution in [3.05, 3.63) is 75.2 Å². The van der Waals surface area contributed by atoms with Crippen LogP contribution in [0.1, 0.15) is 44.9 Å². The van der Waals surface area contributed by atoms with Crippen LogP contribution in [0.3, 0.4) is 0 Å². The Bertz CT molecular complexity index is 1440. The molecule has 37 heavy (non-hydrogen) atoms. The van der Waals surface area contributed by atoms with Crippen LogP contribution < -0.4 is 9.64 Å². The largest absolute Gasteiger partial charge is 0.480 e. The first-order valence-electron chi connectivity index (χ1n) is 12.1. The molecule has 6 nitrogen and oxygen atoms in total. The lowest BCUT2D eigenvalue weighted by Crippen LogP contribution is -2.51. The van der Waals surface area contributed by atoms with Crippen molar-refractivity contribution in [3.63, 3.8) is 0 Å². The molecule has 3 heterocycles. The van der Waals surface area contributed by atoms with Crippen LogP contribution in [0.15, 0.2) is 46.9 Å². The second kappa shape index (κ2) is 9.83. The number of aryl methyl sites for hydroxylation is 1. The molecule has 3 aromatic rings. The van der Waals surface area contributed by atoms with E-state index in [-0.39, 0.29) is 10.6 Å². The number of para-hydroxylation sites is 1. The van der Waals surface area contributed by atoms with Crippen molar-refractivity contribution in [2.24, 2.45) is 4.40 Å². The second-order valence-electron chi connectivity index (χ2n) is 10.2. The fourth-order valence-electron chi connectivity index (χ4n) is 4.76. The van der Waals surface area contributed by atoms with Gasteiger partial charge in [0.1, 0.15) is 11.5 Å². The van der Waals surface area contributed by atoms with Crippen molar-refractivity contribution in [3.8, 4) is 16.9 Å². The van der Waals surface area contributed by atoms with E-state index >= 15 is 0 Å². The number of hydrogen-bond donors (Lipinski definition) is 0. The predicted molar refractivity (Wildman–Crippen MR) is 154 cm³/mol. The van der Waals surface area contributed by atoms with Gasteiger partial charge < -0.3 is 14.5 Å². The van der Waals surface area contributed by atoms with Gasteiger partial charge in [-0.15, -0.1) is 0 Å². The molecule has 1 fully saturated rings. The number of nitrogens with zero attached hydrogens (tertiary/aromatic N) is 5. The lowest BCUT2D eigenvalue weighted by atomic mass is 9.85. The molecule has 0 saturated carbocycles. The molecule has 1 spiro atoms. The van der Waals surface area contributed by atoms with Crippen molar-refractivity contribution in [1.82, 2.24) is 9.97 Å². The lowest BCUT2D eigenvalue weighted by Gasteiger charge is -2.38. The number of anilines is 1. The number of rotatable bonds is 3. The van der Waals surface area contributed by atoms with E-state index in [4.69, 9.17) is 43.9 Å². The topological polar surface area (TPSA) is 55.0 Å². The van der Waals surface area contributed by atoms with Gasteiger partial charge in [0.2, 0.25) is 0 Å². The molecule has 0 unspecified atom stereocenters. The molecule has 0 radical (unpaired) electrons. The molecule has 5 rings (SSSR count). The van der Waals surface area contributed by atoms with Crippen molar-refractivity contribution < 1.29 is 4.74 Å². The molecule has 2 aliphatic heterocycles. The number of hydrogen-bond acceptors (Lipinski definition) is 6. The highest BCUT2D eigenvalue weighted by molar-refractivity contribution is 7.99. The molecule has 0 N–H and O–H groups in total. The smallest absolute Gasteiger partial charge is 0.322 e. The van der Waals surface area contributed by atoms with Gasteiger partial charge in [-0.3, -0.25) is 0 Å². The Morgan fingerprint density at radius 2 is 1.76 bits per heavy atom. The summed E-state index contributed by atoms with van der Waals surface area (Å²) in [6, 6.07) is 13.5. The number of benzene rings is 2. The molecular formula is C28H27Cl2N5OS. The molecule has 0 atom stereocenters. The highest BCUT2D eigenvalue weighted by Crippen LogP contribution is 2.44. The van der Waals surface area contributed by atoms with Gasteiger partial charge >= 0.3 is 5.95 Å². The first-order chi connectivity index (χ1) is 17.6. The van der Waals surface area contributed by atoms with E-state index in [0.29, 0.717) is 45.9 Å². The summed E-state index contributed by atoms with van der Waals surface area (Å²) in [7, 11) is 0. The summed E-state index contributed by atoms with van der Waals surface area (Å²) in [4.78, 5) is 15.3.